The van der Waals surface area contributed by atoms with Crippen molar-refractivity contribution in [1.82, 2.24) is 14.5 Å². The lowest BCUT2D eigenvalue weighted by molar-refractivity contribution is -0.131. The molecule has 184 valence electrons. The Hall–Kier alpha value is -3.80. The number of likely N-dealkylation sites (tertiary alicyclic amines) is 1. The van der Waals surface area contributed by atoms with Crippen molar-refractivity contribution in [3.63, 3.8) is 0 Å². The van der Waals surface area contributed by atoms with Gasteiger partial charge in [-0.1, -0.05) is 36.4 Å². The van der Waals surface area contributed by atoms with Crippen LogP contribution in [-0.2, 0) is 11.3 Å². The number of aromatic nitrogens is 2. The van der Waals surface area contributed by atoms with Crippen molar-refractivity contribution in [2.75, 3.05) is 27.3 Å². The summed E-state index contributed by atoms with van der Waals surface area (Å²) in [5.41, 5.74) is 5.39. The fourth-order valence-corrected chi connectivity index (χ4v) is 5.26. The highest BCUT2D eigenvalue weighted by molar-refractivity contribution is 5.83. The average molecular weight is 482 g/mol. The summed E-state index contributed by atoms with van der Waals surface area (Å²) < 4.78 is 13.1. The lowest BCUT2D eigenvalue weighted by Gasteiger charge is -2.18. The van der Waals surface area contributed by atoms with E-state index in [1.54, 1.807) is 14.2 Å². The molecule has 0 N–H and O–H groups in total. The predicted molar refractivity (Wildman–Crippen MR) is 141 cm³/mol. The summed E-state index contributed by atoms with van der Waals surface area (Å²) in [7, 11) is 3.37. The molecule has 1 amide bonds. The highest BCUT2D eigenvalue weighted by atomic mass is 16.5. The Balaban J connectivity index is 1.31. The summed E-state index contributed by atoms with van der Waals surface area (Å²) in [6.07, 6.45) is 3.14. The average Bonchev–Trinajstić information content (AvgIpc) is 3.58. The predicted octanol–water partition coefficient (Wildman–Crippen LogP) is 5.65. The maximum Gasteiger partial charge on any atom is 0.225 e. The second kappa shape index (κ2) is 9.34. The third-order valence-corrected chi connectivity index (χ3v) is 7.49. The molecule has 1 aromatic heterocycles. The molecule has 0 radical (unpaired) electrons. The van der Waals surface area contributed by atoms with Crippen LogP contribution >= 0.6 is 0 Å². The third-order valence-electron chi connectivity index (χ3n) is 7.49. The number of carbonyl (C=O) groups excluding carboxylic acids is 1. The molecule has 1 atom stereocenters. The summed E-state index contributed by atoms with van der Waals surface area (Å²) in [6, 6.07) is 22.7. The van der Waals surface area contributed by atoms with Crippen LogP contribution < -0.4 is 9.47 Å². The van der Waals surface area contributed by atoms with E-state index in [1.165, 1.54) is 0 Å². The van der Waals surface area contributed by atoms with Crippen molar-refractivity contribution in [2.24, 2.45) is 11.8 Å². The Morgan fingerprint density at radius 3 is 2.17 bits per heavy atom. The number of hydrogen-bond donors (Lipinski definition) is 0. The van der Waals surface area contributed by atoms with Gasteiger partial charge in [0.25, 0.3) is 0 Å². The second-order valence-corrected chi connectivity index (χ2v) is 9.92. The number of benzene rings is 3. The first-order valence-corrected chi connectivity index (χ1v) is 12.7. The fourth-order valence-electron chi connectivity index (χ4n) is 5.26. The van der Waals surface area contributed by atoms with Crippen LogP contribution in [0.5, 0.6) is 11.5 Å². The van der Waals surface area contributed by atoms with Crippen LogP contribution in [0.2, 0.25) is 0 Å². The molecule has 2 heterocycles. The van der Waals surface area contributed by atoms with Crippen LogP contribution in [0.3, 0.4) is 0 Å². The molecule has 6 nitrogen and oxygen atoms in total. The summed E-state index contributed by atoms with van der Waals surface area (Å²) in [5.74, 6) is 3.66. The van der Waals surface area contributed by atoms with E-state index in [-0.39, 0.29) is 5.92 Å². The number of amides is 1. The summed E-state index contributed by atoms with van der Waals surface area (Å²) in [6.45, 7) is 2.52. The van der Waals surface area contributed by atoms with Crippen LogP contribution in [-0.4, -0.2) is 47.7 Å². The molecule has 1 unspecified atom stereocenters. The monoisotopic (exact) mass is 481 g/mol. The number of methoxy groups -OCH3 is 2. The molecule has 1 saturated heterocycles. The minimum Gasteiger partial charge on any atom is -0.497 e. The number of ether oxygens (including phenoxy) is 2. The molecular formula is C30H31N3O3. The molecule has 1 aliphatic carbocycles. The van der Waals surface area contributed by atoms with Crippen LogP contribution in [0.1, 0.15) is 19.3 Å². The molecule has 3 aromatic carbocycles. The van der Waals surface area contributed by atoms with Gasteiger partial charge in [0.2, 0.25) is 5.91 Å². The lowest BCUT2D eigenvalue weighted by atomic mass is 10.0. The van der Waals surface area contributed by atoms with Gasteiger partial charge in [-0.05, 0) is 60.6 Å². The van der Waals surface area contributed by atoms with Crippen molar-refractivity contribution in [2.45, 2.75) is 25.8 Å². The number of fused-ring (bicyclic) bond motifs is 1. The maximum absolute atomic E-state index is 12.6. The van der Waals surface area contributed by atoms with Gasteiger partial charge in [-0.3, -0.25) is 4.79 Å². The van der Waals surface area contributed by atoms with Crippen molar-refractivity contribution >= 4 is 16.9 Å². The molecule has 6 rings (SSSR count). The number of rotatable bonds is 7. The fraction of sp³-hybridized carbons (Fsp3) is 0.333. The van der Waals surface area contributed by atoms with Gasteiger partial charge in [-0.2, -0.15) is 0 Å². The van der Waals surface area contributed by atoms with E-state index in [0.717, 1.165) is 83.9 Å². The van der Waals surface area contributed by atoms with Crippen LogP contribution in [0.25, 0.3) is 33.5 Å². The molecule has 4 aromatic rings. The zero-order chi connectivity index (χ0) is 24.6. The molecule has 2 fully saturated rings. The molecule has 6 heteroatoms. The maximum atomic E-state index is 12.6. The van der Waals surface area contributed by atoms with Gasteiger partial charge in [0.15, 0.2) is 0 Å². The van der Waals surface area contributed by atoms with E-state index >= 15 is 0 Å². The standard InChI is InChI=1S/C30H31N3O3/c1-35-25-11-9-22(10-12-25)21-3-5-23(6-4-21)29-31-27-14-13-26(36-2)17-28(27)33(29)19-20-15-16-32(18-20)30(34)24-7-8-24/h3-6,9-14,17,20,24H,7-8,15-16,18-19H2,1-2H3. The van der Waals surface area contributed by atoms with Crippen LogP contribution in [0, 0.1) is 11.8 Å². The van der Waals surface area contributed by atoms with E-state index in [0.29, 0.717) is 11.8 Å². The van der Waals surface area contributed by atoms with E-state index in [2.05, 4.69) is 51.9 Å². The summed E-state index contributed by atoms with van der Waals surface area (Å²) in [4.78, 5) is 19.7. The smallest absolute Gasteiger partial charge is 0.225 e. The zero-order valence-electron chi connectivity index (χ0n) is 20.8. The van der Waals surface area contributed by atoms with Crippen molar-refractivity contribution in [3.05, 3.63) is 66.7 Å². The normalized spacial score (nSPS) is 17.5. The van der Waals surface area contributed by atoms with Gasteiger partial charge in [0.05, 0.1) is 25.3 Å². The van der Waals surface area contributed by atoms with Crippen molar-refractivity contribution < 1.29 is 14.3 Å². The summed E-state index contributed by atoms with van der Waals surface area (Å²) >= 11 is 0. The molecule has 1 saturated carbocycles. The molecule has 2 aliphatic rings. The van der Waals surface area contributed by atoms with Gasteiger partial charge < -0.3 is 18.9 Å². The van der Waals surface area contributed by atoms with E-state index < -0.39 is 0 Å². The summed E-state index contributed by atoms with van der Waals surface area (Å²) in [5, 5.41) is 0. The van der Waals surface area contributed by atoms with Crippen molar-refractivity contribution in [3.8, 4) is 34.0 Å². The Morgan fingerprint density at radius 1 is 0.861 bits per heavy atom. The number of nitrogens with zero attached hydrogens (tertiary/aromatic N) is 3. The Labute approximate surface area is 211 Å². The highest BCUT2D eigenvalue weighted by Crippen LogP contribution is 2.35. The van der Waals surface area contributed by atoms with E-state index in [4.69, 9.17) is 14.5 Å². The van der Waals surface area contributed by atoms with E-state index in [9.17, 15) is 4.79 Å². The number of carbonyl (C=O) groups is 1. The largest absolute Gasteiger partial charge is 0.497 e. The first-order valence-electron chi connectivity index (χ1n) is 12.7. The quantitative estimate of drug-likeness (QED) is 0.343. The SMILES string of the molecule is COc1ccc(-c2ccc(-c3nc4ccc(OC)cc4n3CC3CCN(C(=O)C4CC4)C3)cc2)cc1. The van der Waals surface area contributed by atoms with Gasteiger partial charge >= 0.3 is 0 Å². The first kappa shape index (κ1) is 22.7. The minimum absolute atomic E-state index is 0.280. The Morgan fingerprint density at radius 2 is 1.50 bits per heavy atom. The van der Waals surface area contributed by atoms with Crippen LogP contribution in [0.4, 0.5) is 0 Å². The second-order valence-electron chi connectivity index (χ2n) is 9.92. The lowest BCUT2D eigenvalue weighted by Crippen LogP contribution is -2.30. The number of imidazole rings is 1. The number of hydrogen-bond acceptors (Lipinski definition) is 4. The zero-order valence-corrected chi connectivity index (χ0v) is 20.8. The van der Waals surface area contributed by atoms with E-state index in [1.807, 2.05) is 24.3 Å². The van der Waals surface area contributed by atoms with Crippen LogP contribution in [0.15, 0.2) is 66.7 Å². The molecular weight excluding hydrogens is 450 g/mol. The first-order chi connectivity index (χ1) is 17.6. The van der Waals surface area contributed by atoms with Crippen molar-refractivity contribution in [1.29, 1.82) is 0 Å². The van der Waals surface area contributed by atoms with Gasteiger partial charge in [-0.15, -0.1) is 0 Å². The van der Waals surface area contributed by atoms with Gasteiger partial charge in [0, 0.05) is 37.2 Å². The Kier molecular flexibility index (Phi) is 5.88. The topological polar surface area (TPSA) is 56.6 Å². The molecule has 36 heavy (non-hydrogen) atoms. The Bertz CT molecular complexity index is 1390. The highest BCUT2D eigenvalue weighted by Gasteiger charge is 2.36. The molecule has 1 aliphatic heterocycles. The third kappa shape index (κ3) is 4.32. The molecule has 0 bridgehead atoms. The minimum atomic E-state index is 0.280. The molecule has 0 spiro atoms. The van der Waals surface area contributed by atoms with Gasteiger partial charge in [0.1, 0.15) is 17.3 Å². The van der Waals surface area contributed by atoms with Gasteiger partial charge in [-0.25, -0.2) is 4.98 Å².